The van der Waals surface area contributed by atoms with Gasteiger partial charge >= 0.3 is 96.2 Å². The molecule has 1 unspecified atom stereocenters. The van der Waals surface area contributed by atoms with Crippen molar-refractivity contribution < 1.29 is 50.2 Å². The van der Waals surface area contributed by atoms with Crippen molar-refractivity contribution in [3.8, 4) is 0 Å². The summed E-state index contributed by atoms with van der Waals surface area (Å²) in [4.78, 5) is 31.7. The predicted molar refractivity (Wildman–Crippen MR) is 41.4 cm³/mol. The fourth-order valence-corrected chi connectivity index (χ4v) is 1.60. The fourth-order valence-electron chi connectivity index (χ4n) is 0.755. The Hall–Kier alpha value is -0.691. The van der Waals surface area contributed by atoms with Crippen LogP contribution in [0.1, 0.15) is 12.8 Å². The van der Waals surface area contributed by atoms with E-state index in [4.69, 9.17) is 19.8 Å². The molecule has 0 saturated heterocycles. The van der Waals surface area contributed by atoms with E-state index in [-0.39, 0.29) is 0 Å². The number of carboxylic acid groups (broad SMARTS) is 2. The second-order valence-electron chi connectivity index (χ2n) is 2.58. The first-order chi connectivity index (χ1) is 6.81. The molecule has 0 aromatic carbocycles. The van der Waals surface area contributed by atoms with E-state index in [1.165, 1.54) is 0 Å². The van der Waals surface area contributed by atoms with Crippen molar-refractivity contribution in [2.24, 2.45) is 0 Å². The normalized spacial score (nSPS) is 14.3. The second-order valence-corrected chi connectivity index (χ2v) is 4.28. The standard InChI is InChI=1S/C6H8O7.ClH.Ir/c7-3(8)1-6(13,5(11)12)2-4(9)10;;/h13H,1-2H2,(H,7,8)(H,9,10)(H,11,12);1H;/q;;+2/p-2. The molecule has 9 heteroatoms. The van der Waals surface area contributed by atoms with Gasteiger partial charge in [-0.05, 0) is 0 Å². The third kappa shape index (κ3) is 5.08. The molecule has 0 heterocycles. The van der Waals surface area contributed by atoms with Crippen molar-refractivity contribution in [2.75, 3.05) is 0 Å². The van der Waals surface area contributed by atoms with Crippen LogP contribution in [0.5, 0.6) is 0 Å². The van der Waals surface area contributed by atoms with E-state index in [9.17, 15) is 19.5 Å². The number of rotatable bonds is 6. The molecule has 0 radical (unpaired) electrons. The number of carbonyl (C=O) groups is 3. The van der Waals surface area contributed by atoms with Gasteiger partial charge in [-0.15, -0.1) is 0 Å². The van der Waals surface area contributed by atoms with Gasteiger partial charge in [-0.2, -0.15) is 0 Å². The monoisotopic (exact) mass is 419 g/mol. The first-order valence-corrected chi connectivity index (χ1v) is 7.36. The van der Waals surface area contributed by atoms with Crippen LogP contribution < -0.4 is 0 Å². The van der Waals surface area contributed by atoms with Gasteiger partial charge in [-0.25, -0.2) is 0 Å². The van der Waals surface area contributed by atoms with Crippen molar-refractivity contribution in [1.29, 1.82) is 0 Å². The van der Waals surface area contributed by atoms with Crippen LogP contribution in [0.25, 0.3) is 0 Å². The third-order valence-corrected chi connectivity index (χ3v) is 2.53. The van der Waals surface area contributed by atoms with E-state index in [0.29, 0.717) is 0 Å². The first kappa shape index (κ1) is 14.3. The number of aliphatic hydroxyl groups is 1. The Morgan fingerprint density at radius 1 is 1.27 bits per heavy atom. The van der Waals surface area contributed by atoms with E-state index in [1.807, 2.05) is 0 Å². The second kappa shape index (κ2) is 6.02. The Morgan fingerprint density at radius 2 is 1.80 bits per heavy atom. The van der Waals surface area contributed by atoms with Crippen LogP contribution in [0, 0.1) is 0 Å². The summed E-state index contributed by atoms with van der Waals surface area (Å²) < 4.78 is 4.30. The first-order valence-electron chi connectivity index (χ1n) is 3.41. The van der Waals surface area contributed by atoms with E-state index in [0.717, 1.165) is 0 Å². The number of halogens is 1. The molecular weight excluding hydrogens is 412 g/mol. The Bertz CT molecular complexity index is 281. The summed E-state index contributed by atoms with van der Waals surface area (Å²) in [5.74, 6) is -4.36. The number of carboxylic acids is 2. The van der Waals surface area contributed by atoms with Gasteiger partial charge in [-0.3, -0.25) is 0 Å². The van der Waals surface area contributed by atoms with Crippen LogP contribution >= 0.6 is 9.58 Å². The summed E-state index contributed by atoms with van der Waals surface area (Å²) in [7, 11) is 5.15. The summed E-state index contributed by atoms with van der Waals surface area (Å²) in [6.45, 7) is 0. The van der Waals surface area contributed by atoms with Crippen LogP contribution in [0.15, 0.2) is 0 Å². The van der Waals surface area contributed by atoms with Gasteiger partial charge in [0.05, 0.1) is 0 Å². The van der Waals surface area contributed by atoms with Gasteiger partial charge in [0.15, 0.2) is 0 Å². The quantitative estimate of drug-likeness (QED) is 0.524. The van der Waals surface area contributed by atoms with Crippen molar-refractivity contribution in [3.05, 3.63) is 0 Å². The molecule has 0 aromatic rings. The Balaban J connectivity index is 4.58. The van der Waals surface area contributed by atoms with Crippen molar-refractivity contribution in [3.63, 3.8) is 0 Å². The molecular formula is C6H7ClIrO7. The van der Waals surface area contributed by atoms with E-state index >= 15 is 0 Å². The third-order valence-electron chi connectivity index (χ3n) is 1.38. The van der Waals surface area contributed by atoms with Crippen LogP contribution in [0.4, 0.5) is 0 Å². The summed E-state index contributed by atoms with van der Waals surface area (Å²) in [6.07, 6.45) is -2.02. The summed E-state index contributed by atoms with van der Waals surface area (Å²) in [5.41, 5.74) is -2.65. The SMILES string of the molecule is O=C(O)CC(O)(CC(=O)[O][Ir][Cl])C(=O)O. The van der Waals surface area contributed by atoms with Gasteiger partial charge in [0.2, 0.25) is 0 Å². The average molecular weight is 419 g/mol. The fraction of sp³-hybridized carbons (Fsp3) is 0.500. The van der Waals surface area contributed by atoms with Gasteiger partial charge in [0.25, 0.3) is 0 Å². The van der Waals surface area contributed by atoms with E-state index in [2.05, 4.69) is 3.50 Å². The molecule has 89 valence electrons. The molecule has 0 rings (SSSR count). The van der Waals surface area contributed by atoms with Crippen molar-refractivity contribution >= 4 is 27.5 Å². The average Bonchev–Trinajstić information content (AvgIpc) is 2.01. The summed E-state index contributed by atoms with van der Waals surface area (Å²) >= 11 is -1.47. The van der Waals surface area contributed by atoms with Gasteiger partial charge in [0, 0.05) is 0 Å². The molecule has 0 bridgehead atoms. The maximum atomic E-state index is 10.9. The van der Waals surface area contributed by atoms with Gasteiger partial charge < -0.3 is 0 Å². The van der Waals surface area contributed by atoms with Crippen LogP contribution in [-0.4, -0.2) is 38.8 Å². The molecule has 0 aliphatic carbocycles. The Kier molecular flexibility index (Phi) is 5.74. The number of hydrogen-bond donors (Lipinski definition) is 3. The minimum atomic E-state index is -2.65. The molecule has 0 aromatic heterocycles. The van der Waals surface area contributed by atoms with Crippen LogP contribution in [0.3, 0.4) is 0 Å². The Morgan fingerprint density at radius 3 is 2.13 bits per heavy atom. The number of hydrogen-bond acceptors (Lipinski definition) is 5. The summed E-state index contributed by atoms with van der Waals surface area (Å²) in [5, 5.41) is 26.2. The van der Waals surface area contributed by atoms with Gasteiger partial charge in [0.1, 0.15) is 0 Å². The zero-order valence-corrected chi connectivity index (χ0v) is 10.3. The molecule has 0 spiro atoms. The van der Waals surface area contributed by atoms with E-state index < -0.39 is 53.4 Å². The van der Waals surface area contributed by atoms with Crippen LogP contribution in [-0.2, 0) is 34.9 Å². The molecule has 0 saturated carbocycles. The van der Waals surface area contributed by atoms with E-state index in [1.54, 1.807) is 0 Å². The Labute approximate surface area is 96.4 Å². The molecule has 0 aliphatic rings. The molecule has 0 fully saturated rings. The summed E-state index contributed by atoms with van der Waals surface area (Å²) in [6, 6.07) is 0. The predicted octanol–water partition coefficient (Wildman–Crippen LogP) is -0.639. The maximum absolute atomic E-state index is 10.9. The van der Waals surface area contributed by atoms with Crippen molar-refractivity contribution in [2.45, 2.75) is 18.4 Å². The van der Waals surface area contributed by atoms with Gasteiger partial charge in [-0.1, -0.05) is 0 Å². The molecule has 0 aliphatic heterocycles. The minimum absolute atomic E-state index is 0.940. The molecule has 1 atom stereocenters. The molecule has 0 amide bonds. The molecule has 15 heavy (non-hydrogen) atoms. The van der Waals surface area contributed by atoms with Crippen molar-refractivity contribution in [1.82, 2.24) is 0 Å². The molecule has 3 N–H and O–H groups in total. The molecule has 7 nitrogen and oxygen atoms in total. The zero-order valence-electron chi connectivity index (χ0n) is 7.10. The topological polar surface area (TPSA) is 121 Å². The van der Waals surface area contributed by atoms with Crippen LogP contribution in [0.2, 0.25) is 0 Å². The zero-order chi connectivity index (χ0) is 12.1. The number of aliphatic carboxylic acids is 2. The number of carbonyl (C=O) groups excluding carboxylic acids is 1.